The van der Waals surface area contributed by atoms with Gasteiger partial charge in [0.1, 0.15) is 18.2 Å². The van der Waals surface area contributed by atoms with Crippen LogP contribution in [0.15, 0.2) is 23.3 Å². The van der Waals surface area contributed by atoms with Crippen LogP contribution in [0, 0.1) is 0 Å². The smallest absolute Gasteiger partial charge is 0.191 e. The van der Waals surface area contributed by atoms with Crippen molar-refractivity contribution in [2.75, 3.05) is 51.8 Å². The second-order valence-corrected chi connectivity index (χ2v) is 8.41. The number of ether oxygens (including phenoxy) is 1. The summed E-state index contributed by atoms with van der Waals surface area (Å²) >= 11 is 0. The van der Waals surface area contributed by atoms with E-state index in [0.29, 0.717) is 13.2 Å². The first-order valence-electron chi connectivity index (χ1n) is 11.5. The first kappa shape index (κ1) is 25.6. The Morgan fingerprint density at radius 1 is 1.27 bits per heavy atom. The van der Waals surface area contributed by atoms with Crippen molar-refractivity contribution in [2.24, 2.45) is 4.99 Å². The fourth-order valence-corrected chi connectivity index (χ4v) is 4.20. The van der Waals surface area contributed by atoms with E-state index in [0.717, 1.165) is 81.1 Å². The van der Waals surface area contributed by atoms with Gasteiger partial charge in [-0.05, 0) is 26.5 Å². The van der Waals surface area contributed by atoms with E-state index in [4.69, 9.17) is 9.73 Å². The summed E-state index contributed by atoms with van der Waals surface area (Å²) in [4.78, 5) is 18.9. The third kappa shape index (κ3) is 6.76. The highest BCUT2D eigenvalue weighted by Crippen LogP contribution is 2.20. The molecule has 1 unspecified atom stereocenters. The van der Waals surface area contributed by atoms with E-state index in [1.807, 2.05) is 16.9 Å². The third-order valence-corrected chi connectivity index (χ3v) is 5.94. The van der Waals surface area contributed by atoms with Gasteiger partial charge in [-0.3, -0.25) is 0 Å². The number of aromatic nitrogens is 4. The number of rotatable bonds is 7. The van der Waals surface area contributed by atoms with Crippen LogP contribution in [0.4, 0.5) is 5.82 Å². The molecule has 182 valence electrons. The number of fused-ring (bicyclic) bond motifs is 1. The minimum absolute atomic E-state index is 0. The van der Waals surface area contributed by atoms with Crippen molar-refractivity contribution in [1.82, 2.24) is 35.3 Å². The standard InChI is InChI=1S/C22H35N9O.HI/c1-4-23-22(26-18-7-8-20-27-19(16-32-3)28-31(20)15-18)25-14-17-6-5-9-24-21(17)30-12-10-29(2)11-13-30;/h5-6,9,18H,4,7-8,10-16H2,1-3H3,(H2,23,25,26);1H. The molecule has 1 atom stereocenters. The number of hydrogen-bond acceptors (Lipinski definition) is 7. The highest BCUT2D eigenvalue weighted by atomic mass is 127. The van der Waals surface area contributed by atoms with Gasteiger partial charge in [0.25, 0.3) is 0 Å². The van der Waals surface area contributed by atoms with Gasteiger partial charge in [0.05, 0.1) is 13.1 Å². The van der Waals surface area contributed by atoms with Crippen molar-refractivity contribution >= 4 is 35.8 Å². The van der Waals surface area contributed by atoms with E-state index in [1.165, 1.54) is 0 Å². The van der Waals surface area contributed by atoms with Crippen molar-refractivity contribution in [3.05, 3.63) is 35.5 Å². The molecule has 11 heteroatoms. The van der Waals surface area contributed by atoms with Crippen molar-refractivity contribution in [3.8, 4) is 0 Å². The van der Waals surface area contributed by atoms with Gasteiger partial charge < -0.3 is 25.2 Å². The molecule has 1 saturated heterocycles. The zero-order valence-corrected chi connectivity index (χ0v) is 22.2. The molecular weight excluding hydrogens is 533 g/mol. The molecular formula is C22H36IN9O. The SMILES string of the molecule is CCNC(=NCc1cccnc1N1CCN(C)CC1)NC1CCc2nc(COC)nn2C1.I. The fourth-order valence-electron chi connectivity index (χ4n) is 4.20. The summed E-state index contributed by atoms with van der Waals surface area (Å²) in [6.45, 7) is 8.81. The summed E-state index contributed by atoms with van der Waals surface area (Å²) in [6.07, 6.45) is 3.76. The number of likely N-dealkylation sites (N-methyl/N-ethyl adjacent to an activating group) is 1. The van der Waals surface area contributed by atoms with Gasteiger partial charge in [0, 0.05) is 64.1 Å². The number of piperazine rings is 1. The van der Waals surface area contributed by atoms with E-state index in [-0.39, 0.29) is 30.0 Å². The number of halogens is 1. The lowest BCUT2D eigenvalue weighted by Crippen LogP contribution is -2.47. The molecule has 1 fully saturated rings. The maximum absolute atomic E-state index is 5.17. The summed E-state index contributed by atoms with van der Waals surface area (Å²) in [5, 5.41) is 11.5. The van der Waals surface area contributed by atoms with Crippen LogP contribution in [0.1, 0.15) is 30.6 Å². The molecule has 0 bridgehead atoms. The predicted octanol–water partition coefficient (Wildman–Crippen LogP) is 1.26. The van der Waals surface area contributed by atoms with Gasteiger partial charge >= 0.3 is 0 Å². The Hall–Kier alpha value is -1.99. The number of aliphatic imine (C=N–C) groups is 1. The van der Waals surface area contributed by atoms with E-state index in [9.17, 15) is 0 Å². The molecule has 0 saturated carbocycles. The second-order valence-electron chi connectivity index (χ2n) is 8.41. The predicted molar refractivity (Wildman–Crippen MR) is 140 cm³/mol. The van der Waals surface area contributed by atoms with E-state index in [1.54, 1.807) is 7.11 Å². The maximum atomic E-state index is 5.17. The van der Waals surface area contributed by atoms with Crippen LogP contribution >= 0.6 is 24.0 Å². The molecule has 2 aromatic heterocycles. The Morgan fingerprint density at radius 3 is 2.85 bits per heavy atom. The molecule has 0 radical (unpaired) electrons. The van der Waals surface area contributed by atoms with E-state index in [2.05, 4.69) is 55.5 Å². The molecule has 2 aliphatic heterocycles. The molecule has 0 spiro atoms. The first-order valence-corrected chi connectivity index (χ1v) is 11.5. The van der Waals surface area contributed by atoms with E-state index < -0.39 is 0 Å². The lowest BCUT2D eigenvalue weighted by atomic mass is 10.1. The highest BCUT2D eigenvalue weighted by Gasteiger charge is 2.23. The number of anilines is 1. The molecule has 2 aliphatic rings. The molecule has 33 heavy (non-hydrogen) atoms. The summed E-state index contributed by atoms with van der Waals surface area (Å²) in [5.74, 6) is 3.66. The topological polar surface area (TPSA) is 95.7 Å². The Balaban J connectivity index is 0.00000306. The average Bonchev–Trinajstić information content (AvgIpc) is 3.20. The van der Waals surface area contributed by atoms with Crippen molar-refractivity contribution in [3.63, 3.8) is 0 Å². The molecule has 10 nitrogen and oxygen atoms in total. The zero-order chi connectivity index (χ0) is 22.3. The highest BCUT2D eigenvalue weighted by molar-refractivity contribution is 14.0. The lowest BCUT2D eigenvalue weighted by Gasteiger charge is -2.34. The van der Waals surface area contributed by atoms with Crippen LogP contribution in [0.5, 0.6) is 0 Å². The zero-order valence-electron chi connectivity index (χ0n) is 19.8. The number of pyridine rings is 1. The second kappa shape index (κ2) is 12.5. The number of methoxy groups -OCH3 is 1. The Labute approximate surface area is 213 Å². The van der Waals surface area contributed by atoms with Crippen molar-refractivity contribution in [2.45, 2.75) is 45.5 Å². The number of guanidine groups is 1. The van der Waals surface area contributed by atoms with Crippen molar-refractivity contribution in [1.29, 1.82) is 0 Å². The average molecular weight is 569 g/mol. The van der Waals surface area contributed by atoms with Gasteiger partial charge in [0.2, 0.25) is 0 Å². The number of nitrogens with one attached hydrogen (secondary N) is 2. The summed E-state index contributed by atoms with van der Waals surface area (Å²) < 4.78 is 7.16. The van der Waals surface area contributed by atoms with Crippen LogP contribution in [-0.2, 0) is 30.9 Å². The van der Waals surface area contributed by atoms with Gasteiger partial charge in [0.15, 0.2) is 11.8 Å². The van der Waals surface area contributed by atoms with Crippen LogP contribution in [0.25, 0.3) is 0 Å². The molecule has 4 heterocycles. The molecule has 0 aliphatic carbocycles. The van der Waals surface area contributed by atoms with Gasteiger partial charge in [-0.25, -0.2) is 19.6 Å². The normalized spacial score (nSPS) is 19.1. The third-order valence-electron chi connectivity index (χ3n) is 5.94. The Kier molecular flexibility index (Phi) is 9.68. The lowest BCUT2D eigenvalue weighted by molar-refractivity contribution is 0.177. The van der Waals surface area contributed by atoms with Gasteiger partial charge in [-0.2, -0.15) is 5.10 Å². The van der Waals surface area contributed by atoms with Gasteiger partial charge in [-0.15, -0.1) is 24.0 Å². The molecule has 0 amide bonds. The van der Waals surface area contributed by atoms with Crippen LogP contribution in [0.3, 0.4) is 0 Å². The molecule has 4 rings (SSSR count). The maximum Gasteiger partial charge on any atom is 0.191 e. The Morgan fingerprint density at radius 2 is 2.09 bits per heavy atom. The first-order chi connectivity index (χ1) is 15.7. The van der Waals surface area contributed by atoms with E-state index >= 15 is 0 Å². The van der Waals surface area contributed by atoms with Crippen LogP contribution in [-0.4, -0.2) is 83.5 Å². The van der Waals surface area contributed by atoms with Gasteiger partial charge in [-0.1, -0.05) is 6.07 Å². The fraction of sp³-hybridized carbons (Fsp3) is 0.636. The molecule has 2 N–H and O–H groups in total. The number of nitrogens with zero attached hydrogens (tertiary/aromatic N) is 7. The minimum Gasteiger partial charge on any atom is -0.377 e. The largest absolute Gasteiger partial charge is 0.377 e. The summed E-state index contributed by atoms with van der Waals surface area (Å²) in [6, 6.07) is 4.38. The summed E-state index contributed by atoms with van der Waals surface area (Å²) in [7, 11) is 3.84. The van der Waals surface area contributed by atoms with Crippen LogP contribution in [0.2, 0.25) is 0 Å². The quantitative estimate of drug-likeness (QED) is 0.293. The monoisotopic (exact) mass is 569 g/mol. The number of aryl methyl sites for hydroxylation is 1. The summed E-state index contributed by atoms with van der Waals surface area (Å²) in [5.41, 5.74) is 1.15. The molecule has 2 aromatic rings. The Bertz CT molecular complexity index is 911. The van der Waals surface area contributed by atoms with Crippen molar-refractivity contribution < 1.29 is 4.74 Å². The number of hydrogen-bond donors (Lipinski definition) is 2. The minimum atomic E-state index is 0. The molecule has 0 aromatic carbocycles. The van der Waals surface area contributed by atoms with Crippen LogP contribution < -0.4 is 15.5 Å².